The van der Waals surface area contributed by atoms with Gasteiger partial charge in [0.15, 0.2) is 0 Å². The van der Waals surface area contributed by atoms with Crippen LogP contribution in [-0.4, -0.2) is 30.8 Å². The number of amides is 1. The average molecular weight is 524 g/mol. The third kappa shape index (κ3) is 6.35. The number of rotatable bonds is 11. The Balaban J connectivity index is 1.67. The molecule has 5 heteroatoms. The molecule has 4 aromatic rings. The molecule has 0 aliphatic carbocycles. The van der Waals surface area contributed by atoms with Gasteiger partial charge in [-0.1, -0.05) is 78.9 Å². The van der Waals surface area contributed by atoms with Crippen LogP contribution in [0.5, 0.6) is 0 Å². The molecule has 0 radical (unpaired) electrons. The summed E-state index contributed by atoms with van der Waals surface area (Å²) in [6.07, 6.45) is 0.810. The molecule has 0 heterocycles. The molecule has 0 bridgehead atoms. The molecule has 0 aliphatic rings. The zero-order valence-electron chi connectivity index (χ0n) is 21.9. The van der Waals surface area contributed by atoms with E-state index in [9.17, 15) is 9.59 Å². The van der Waals surface area contributed by atoms with Crippen LogP contribution in [0.15, 0.2) is 120 Å². The highest BCUT2D eigenvalue weighted by atomic mass is 32.2. The molecule has 0 fully saturated rings. The number of thioether (sulfide) groups is 1. The lowest BCUT2D eigenvalue weighted by Crippen LogP contribution is -2.46. The van der Waals surface area contributed by atoms with Gasteiger partial charge in [-0.05, 0) is 73.5 Å². The molecular formula is C33H33NO3S. The maximum absolute atomic E-state index is 14.6. The summed E-state index contributed by atoms with van der Waals surface area (Å²) in [5.41, 5.74) is 2.20. The lowest BCUT2D eigenvalue weighted by atomic mass is 9.75. The summed E-state index contributed by atoms with van der Waals surface area (Å²) in [5.74, 6) is 0.500. The van der Waals surface area contributed by atoms with Gasteiger partial charge >= 0.3 is 5.97 Å². The molecule has 0 N–H and O–H groups in total. The van der Waals surface area contributed by atoms with Crippen molar-refractivity contribution in [1.29, 1.82) is 0 Å². The SMILES string of the molecule is CCOC(=O)c1ccc(N(CCCSc2ccccc2)C(=O)C(C)(c2ccccc2)c2ccccc2)cc1. The van der Waals surface area contributed by atoms with Gasteiger partial charge < -0.3 is 9.64 Å². The van der Waals surface area contributed by atoms with Crippen LogP contribution in [0.2, 0.25) is 0 Å². The van der Waals surface area contributed by atoms with Crippen molar-refractivity contribution in [2.45, 2.75) is 30.6 Å². The molecule has 4 nitrogen and oxygen atoms in total. The molecule has 0 aliphatic heterocycles. The number of carbonyl (C=O) groups is 2. The third-order valence-corrected chi connectivity index (χ3v) is 7.70. The van der Waals surface area contributed by atoms with Crippen molar-refractivity contribution in [2.24, 2.45) is 0 Å². The summed E-state index contributed by atoms with van der Waals surface area (Å²) < 4.78 is 5.14. The predicted molar refractivity (Wildman–Crippen MR) is 156 cm³/mol. The first-order chi connectivity index (χ1) is 18.5. The molecule has 1 amide bonds. The Morgan fingerprint density at radius 2 is 1.29 bits per heavy atom. The van der Waals surface area contributed by atoms with Gasteiger partial charge in [0, 0.05) is 17.1 Å². The Labute approximate surface area is 229 Å². The number of ether oxygens (including phenoxy) is 1. The summed E-state index contributed by atoms with van der Waals surface area (Å²) in [7, 11) is 0. The Morgan fingerprint density at radius 1 is 0.763 bits per heavy atom. The van der Waals surface area contributed by atoms with Crippen LogP contribution >= 0.6 is 11.8 Å². The van der Waals surface area contributed by atoms with E-state index >= 15 is 0 Å². The number of carbonyl (C=O) groups excluding carboxylic acids is 2. The summed E-state index contributed by atoms with van der Waals surface area (Å²) in [6, 6.07) is 37.3. The van der Waals surface area contributed by atoms with E-state index in [1.807, 2.05) is 103 Å². The van der Waals surface area contributed by atoms with Crippen molar-refractivity contribution in [3.8, 4) is 0 Å². The summed E-state index contributed by atoms with van der Waals surface area (Å²) in [4.78, 5) is 29.9. The number of nitrogens with zero attached hydrogens (tertiary/aromatic N) is 1. The largest absolute Gasteiger partial charge is 0.462 e. The van der Waals surface area contributed by atoms with Crippen molar-refractivity contribution in [3.05, 3.63) is 132 Å². The summed E-state index contributed by atoms with van der Waals surface area (Å²) in [5, 5.41) is 0. The monoisotopic (exact) mass is 523 g/mol. The standard InChI is InChI=1S/C33H33NO3S/c1-3-37-31(35)26-20-22-29(23-21-26)34(24-13-25-38-30-18-11-6-12-19-30)32(36)33(2,27-14-7-4-8-15-27)28-16-9-5-10-17-28/h4-12,14-23H,3,13,24-25H2,1-2H3. The Hall–Kier alpha value is -3.83. The van der Waals surface area contributed by atoms with E-state index < -0.39 is 5.41 Å². The van der Waals surface area contributed by atoms with E-state index in [4.69, 9.17) is 4.74 Å². The van der Waals surface area contributed by atoms with Crippen molar-refractivity contribution in [3.63, 3.8) is 0 Å². The van der Waals surface area contributed by atoms with Crippen LogP contribution in [-0.2, 0) is 14.9 Å². The number of hydrogen-bond acceptors (Lipinski definition) is 4. The third-order valence-electron chi connectivity index (χ3n) is 6.60. The Morgan fingerprint density at radius 3 is 1.82 bits per heavy atom. The molecule has 0 atom stereocenters. The van der Waals surface area contributed by atoms with Crippen molar-refractivity contribution < 1.29 is 14.3 Å². The minimum atomic E-state index is -0.894. The second-order valence-corrected chi connectivity index (χ2v) is 10.3. The zero-order valence-corrected chi connectivity index (χ0v) is 22.7. The maximum Gasteiger partial charge on any atom is 0.338 e. The molecule has 38 heavy (non-hydrogen) atoms. The van der Waals surface area contributed by atoms with E-state index in [1.54, 1.807) is 30.8 Å². The Bertz CT molecular complexity index is 1270. The quantitative estimate of drug-likeness (QED) is 0.117. The first-order valence-corrected chi connectivity index (χ1v) is 13.9. The van der Waals surface area contributed by atoms with Crippen LogP contribution in [0, 0.1) is 0 Å². The summed E-state index contributed by atoms with van der Waals surface area (Å²) in [6.45, 7) is 4.65. The number of hydrogen-bond donors (Lipinski definition) is 0. The summed E-state index contributed by atoms with van der Waals surface area (Å²) >= 11 is 1.78. The first kappa shape index (κ1) is 27.2. The van der Waals surface area contributed by atoms with Crippen LogP contribution in [0.1, 0.15) is 41.8 Å². The van der Waals surface area contributed by atoms with Crippen LogP contribution < -0.4 is 4.90 Å². The number of benzene rings is 4. The fourth-order valence-corrected chi connectivity index (χ4v) is 5.35. The number of esters is 1. The van der Waals surface area contributed by atoms with Crippen molar-refractivity contribution in [2.75, 3.05) is 23.8 Å². The molecule has 4 rings (SSSR count). The van der Waals surface area contributed by atoms with Gasteiger partial charge in [0.25, 0.3) is 0 Å². The molecule has 0 saturated heterocycles. The lowest BCUT2D eigenvalue weighted by Gasteiger charge is -2.36. The normalized spacial score (nSPS) is 11.1. The fraction of sp³-hybridized carbons (Fsp3) is 0.212. The first-order valence-electron chi connectivity index (χ1n) is 12.9. The minimum Gasteiger partial charge on any atom is -0.462 e. The molecule has 0 saturated carbocycles. The van der Waals surface area contributed by atoms with Gasteiger partial charge in [0.1, 0.15) is 0 Å². The van der Waals surface area contributed by atoms with Gasteiger partial charge in [0.2, 0.25) is 5.91 Å². The molecule has 0 unspecified atom stereocenters. The van der Waals surface area contributed by atoms with E-state index in [1.165, 1.54) is 4.90 Å². The van der Waals surface area contributed by atoms with Crippen molar-refractivity contribution in [1.82, 2.24) is 0 Å². The molecule has 0 spiro atoms. The topological polar surface area (TPSA) is 46.6 Å². The van der Waals surface area contributed by atoms with E-state index in [0.717, 1.165) is 29.0 Å². The van der Waals surface area contributed by atoms with Gasteiger partial charge in [-0.25, -0.2) is 4.79 Å². The highest BCUT2D eigenvalue weighted by Crippen LogP contribution is 2.36. The molecule has 4 aromatic carbocycles. The van der Waals surface area contributed by atoms with Crippen molar-refractivity contribution >= 4 is 29.3 Å². The van der Waals surface area contributed by atoms with E-state index in [-0.39, 0.29) is 11.9 Å². The minimum absolute atomic E-state index is 0.0107. The lowest BCUT2D eigenvalue weighted by molar-refractivity contribution is -0.122. The number of anilines is 1. The van der Waals surface area contributed by atoms with E-state index in [2.05, 4.69) is 12.1 Å². The van der Waals surface area contributed by atoms with Gasteiger partial charge in [-0.2, -0.15) is 0 Å². The maximum atomic E-state index is 14.6. The molecular weight excluding hydrogens is 490 g/mol. The van der Waals surface area contributed by atoms with Gasteiger partial charge in [0.05, 0.1) is 17.6 Å². The Kier molecular flexibility index (Phi) is 9.39. The zero-order chi connectivity index (χ0) is 26.8. The average Bonchev–Trinajstić information content (AvgIpc) is 2.98. The van der Waals surface area contributed by atoms with Gasteiger partial charge in [-0.3, -0.25) is 4.79 Å². The van der Waals surface area contributed by atoms with Crippen LogP contribution in [0.4, 0.5) is 5.69 Å². The molecule has 194 valence electrons. The van der Waals surface area contributed by atoms with E-state index in [0.29, 0.717) is 18.7 Å². The smallest absolute Gasteiger partial charge is 0.338 e. The predicted octanol–water partition coefficient (Wildman–Crippen LogP) is 7.38. The highest BCUT2D eigenvalue weighted by Gasteiger charge is 2.40. The second-order valence-electron chi connectivity index (χ2n) is 9.10. The van der Waals surface area contributed by atoms with Gasteiger partial charge in [-0.15, -0.1) is 11.8 Å². The van der Waals surface area contributed by atoms with Crippen LogP contribution in [0.3, 0.4) is 0 Å². The fourth-order valence-electron chi connectivity index (χ4n) is 4.50. The van der Waals surface area contributed by atoms with Crippen LogP contribution in [0.25, 0.3) is 0 Å². The molecule has 0 aromatic heterocycles. The second kappa shape index (κ2) is 13.1. The highest BCUT2D eigenvalue weighted by molar-refractivity contribution is 7.99.